The van der Waals surface area contributed by atoms with Gasteiger partial charge in [-0.15, -0.1) is 5.10 Å². The molecule has 0 aliphatic rings. The Balaban J connectivity index is 1.77. The lowest BCUT2D eigenvalue weighted by molar-refractivity contribution is 0.364. The van der Waals surface area contributed by atoms with Gasteiger partial charge in [-0.1, -0.05) is 10.4 Å². The molecule has 0 saturated carbocycles. The highest BCUT2D eigenvalue weighted by molar-refractivity contribution is 7.08. The van der Waals surface area contributed by atoms with Gasteiger partial charge in [0.25, 0.3) is 0 Å². The molecule has 7 nitrogen and oxygen atoms in total. The van der Waals surface area contributed by atoms with Gasteiger partial charge in [-0.2, -0.15) is 16.3 Å². The first-order chi connectivity index (χ1) is 8.85. The summed E-state index contributed by atoms with van der Waals surface area (Å²) in [5.74, 6) is 1.08. The van der Waals surface area contributed by atoms with Gasteiger partial charge < -0.3 is 10.3 Å². The third-order valence-electron chi connectivity index (χ3n) is 2.34. The Morgan fingerprint density at radius 1 is 1.44 bits per heavy atom. The third kappa shape index (κ3) is 2.15. The molecule has 0 aliphatic carbocycles. The molecule has 18 heavy (non-hydrogen) atoms. The number of hydrogen-bond donors (Lipinski definition) is 1. The predicted molar refractivity (Wildman–Crippen MR) is 64.6 cm³/mol. The maximum atomic E-state index is 5.46. The topological polar surface area (TPSA) is 95.7 Å². The van der Waals surface area contributed by atoms with Crippen molar-refractivity contribution in [3.8, 4) is 11.4 Å². The summed E-state index contributed by atoms with van der Waals surface area (Å²) in [6.07, 6.45) is 1.76. The summed E-state index contributed by atoms with van der Waals surface area (Å²) in [4.78, 5) is 4.29. The van der Waals surface area contributed by atoms with Crippen molar-refractivity contribution in [2.24, 2.45) is 5.73 Å². The van der Waals surface area contributed by atoms with Gasteiger partial charge in [0.05, 0.1) is 11.9 Å². The second kappa shape index (κ2) is 4.67. The number of aromatic nitrogens is 5. The predicted octanol–water partition coefficient (Wildman–Crippen LogP) is 0.897. The van der Waals surface area contributed by atoms with Gasteiger partial charge >= 0.3 is 0 Å². The molecular formula is C10H10N6OS. The zero-order valence-corrected chi connectivity index (χ0v) is 10.2. The zero-order valence-electron chi connectivity index (χ0n) is 9.35. The number of rotatable bonds is 4. The SMILES string of the molecule is NCc1cn(Cc2nc(-c3ccsc3)no2)nn1. The van der Waals surface area contributed by atoms with Crippen molar-refractivity contribution in [3.05, 3.63) is 34.6 Å². The van der Waals surface area contributed by atoms with Crippen molar-refractivity contribution >= 4 is 11.3 Å². The van der Waals surface area contributed by atoms with Crippen LogP contribution in [0.3, 0.4) is 0 Å². The molecule has 0 amide bonds. The Labute approximate surface area is 106 Å². The van der Waals surface area contributed by atoms with Gasteiger partial charge in [0.2, 0.25) is 11.7 Å². The van der Waals surface area contributed by atoms with Crippen molar-refractivity contribution in [1.29, 1.82) is 0 Å². The molecule has 92 valence electrons. The molecule has 0 saturated heterocycles. The summed E-state index contributed by atoms with van der Waals surface area (Å²) >= 11 is 1.59. The lowest BCUT2D eigenvalue weighted by atomic mass is 10.3. The number of nitrogens with two attached hydrogens (primary N) is 1. The summed E-state index contributed by atoms with van der Waals surface area (Å²) in [6, 6.07) is 1.95. The van der Waals surface area contributed by atoms with Crippen LogP contribution in [0.1, 0.15) is 11.6 Å². The van der Waals surface area contributed by atoms with E-state index >= 15 is 0 Å². The highest BCUT2D eigenvalue weighted by atomic mass is 32.1. The summed E-state index contributed by atoms with van der Waals surface area (Å²) < 4.78 is 6.78. The van der Waals surface area contributed by atoms with Crippen molar-refractivity contribution in [3.63, 3.8) is 0 Å². The first kappa shape index (κ1) is 11.1. The van der Waals surface area contributed by atoms with Gasteiger partial charge in [-0.3, -0.25) is 0 Å². The molecule has 3 heterocycles. The van der Waals surface area contributed by atoms with E-state index in [4.69, 9.17) is 10.3 Å². The normalized spacial score (nSPS) is 10.9. The smallest absolute Gasteiger partial charge is 0.248 e. The van der Waals surface area contributed by atoms with E-state index in [-0.39, 0.29) is 0 Å². The summed E-state index contributed by atoms with van der Waals surface area (Å²) in [7, 11) is 0. The molecule has 3 aromatic rings. The largest absolute Gasteiger partial charge is 0.337 e. The number of hydrogen-bond acceptors (Lipinski definition) is 7. The molecule has 0 spiro atoms. The monoisotopic (exact) mass is 262 g/mol. The summed E-state index contributed by atoms with van der Waals surface area (Å²) in [6.45, 7) is 0.758. The highest BCUT2D eigenvalue weighted by Gasteiger charge is 2.10. The fourth-order valence-corrected chi connectivity index (χ4v) is 2.11. The van der Waals surface area contributed by atoms with Gasteiger partial charge in [-0.25, -0.2) is 4.68 Å². The van der Waals surface area contributed by atoms with Crippen LogP contribution in [0.15, 0.2) is 27.5 Å². The summed E-state index contributed by atoms with van der Waals surface area (Å²) in [5, 5.41) is 15.7. The average molecular weight is 262 g/mol. The molecule has 0 unspecified atom stereocenters. The van der Waals surface area contributed by atoms with Gasteiger partial charge in [0.1, 0.15) is 6.54 Å². The Morgan fingerprint density at radius 2 is 2.39 bits per heavy atom. The second-order valence-corrected chi connectivity index (χ2v) is 4.42. The molecule has 0 bridgehead atoms. The molecule has 0 aliphatic heterocycles. The van der Waals surface area contributed by atoms with Crippen LogP contribution in [0.2, 0.25) is 0 Å². The second-order valence-electron chi connectivity index (χ2n) is 3.64. The van der Waals surface area contributed by atoms with E-state index in [0.717, 1.165) is 11.3 Å². The van der Waals surface area contributed by atoms with Crippen LogP contribution in [-0.4, -0.2) is 25.1 Å². The van der Waals surface area contributed by atoms with Crippen molar-refractivity contribution < 1.29 is 4.52 Å². The Kier molecular flexibility index (Phi) is 2.87. The first-order valence-corrected chi connectivity index (χ1v) is 6.23. The van der Waals surface area contributed by atoms with Crippen molar-refractivity contribution in [1.82, 2.24) is 25.1 Å². The van der Waals surface area contributed by atoms with Crippen LogP contribution in [-0.2, 0) is 13.1 Å². The molecule has 3 aromatic heterocycles. The van der Waals surface area contributed by atoms with Crippen molar-refractivity contribution in [2.75, 3.05) is 0 Å². The Bertz CT molecular complexity index is 628. The quantitative estimate of drug-likeness (QED) is 0.750. The lowest BCUT2D eigenvalue weighted by Crippen LogP contribution is -2.00. The number of nitrogens with zero attached hydrogens (tertiary/aromatic N) is 5. The van der Waals surface area contributed by atoms with Crippen LogP contribution in [0.25, 0.3) is 11.4 Å². The average Bonchev–Trinajstić information content (AvgIpc) is 3.10. The molecule has 0 atom stereocenters. The molecule has 0 aromatic carbocycles. The lowest BCUT2D eigenvalue weighted by Gasteiger charge is -1.91. The molecule has 3 rings (SSSR count). The fraction of sp³-hybridized carbons (Fsp3) is 0.200. The fourth-order valence-electron chi connectivity index (χ4n) is 1.48. The van der Waals surface area contributed by atoms with Gasteiger partial charge in [-0.05, 0) is 11.4 Å². The third-order valence-corrected chi connectivity index (χ3v) is 3.02. The van der Waals surface area contributed by atoms with E-state index < -0.39 is 0 Å². The van der Waals surface area contributed by atoms with E-state index in [1.54, 1.807) is 22.2 Å². The highest BCUT2D eigenvalue weighted by Crippen LogP contribution is 2.18. The van der Waals surface area contributed by atoms with Crippen LogP contribution in [0.5, 0.6) is 0 Å². The minimum atomic E-state index is 0.365. The Hall–Kier alpha value is -2.06. The van der Waals surface area contributed by atoms with Crippen LogP contribution in [0, 0.1) is 0 Å². The summed E-state index contributed by atoms with van der Waals surface area (Å²) in [5.41, 5.74) is 7.14. The number of thiophene rings is 1. The molecule has 0 fully saturated rings. The zero-order chi connectivity index (χ0) is 12.4. The first-order valence-electron chi connectivity index (χ1n) is 5.29. The van der Waals surface area contributed by atoms with E-state index in [1.165, 1.54) is 0 Å². The van der Waals surface area contributed by atoms with Gasteiger partial charge in [0, 0.05) is 17.5 Å². The molecular weight excluding hydrogens is 252 g/mol. The maximum Gasteiger partial charge on any atom is 0.248 e. The minimum Gasteiger partial charge on any atom is -0.337 e. The maximum absolute atomic E-state index is 5.46. The minimum absolute atomic E-state index is 0.365. The van der Waals surface area contributed by atoms with Crippen molar-refractivity contribution in [2.45, 2.75) is 13.1 Å². The molecule has 0 radical (unpaired) electrons. The van der Waals surface area contributed by atoms with E-state index in [1.807, 2.05) is 16.8 Å². The Morgan fingerprint density at radius 3 is 3.11 bits per heavy atom. The van der Waals surface area contributed by atoms with E-state index in [9.17, 15) is 0 Å². The van der Waals surface area contributed by atoms with E-state index in [2.05, 4.69) is 20.5 Å². The van der Waals surface area contributed by atoms with Gasteiger partial charge in [0.15, 0.2) is 0 Å². The van der Waals surface area contributed by atoms with E-state index in [0.29, 0.717) is 24.8 Å². The standard InChI is InChI=1S/C10H10N6OS/c11-3-8-4-16(15-13-8)5-9-12-10(14-17-9)7-1-2-18-6-7/h1-2,4,6H,3,5,11H2. The molecule has 2 N–H and O–H groups in total. The molecule has 8 heteroatoms. The van der Waals surface area contributed by atoms with Crippen LogP contribution in [0.4, 0.5) is 0 Å². The van der Waals surface area contributed by atoms with Crippen LogP contribution < -0.4 is 5.73 Å². The van der Waals surface area contributed by atoms with Crippen LogP contribution >= 0.6 is 11.3 Å².